The summed E-state index contributed by atoms with van der Waals surface area (Å²) in [4.78, 5) is 4.64. The lowest BCUT2D eigenvalue weighted by Crippen LogP contribution is -1.93. The predicted molar refractivity (Wildman–Crippen MR) is 88.2 cm³/mol. The Morgan fingerprint density at radius 3 is 2.57 bits per heavy atom. The summed E-state index contributed by atoms with van der Waals surface area (Å²) < 4.78 is 0. The van der Waals surface area contributed by atoms with Gasteiger partial charge in [-0.1, -0.05) is 42.5 Å². The lowest BCUT2D eigenvalue weighted by atomic mass is 10.1. The van der Waals surface area contributed by atoms with Gasteiger partial charge in [0.25, 0.3) is 0 Å². The minimum atomic E-state index is 0.934. The molecule has 0 aliphatic carbocycles. The van der Waals surface area contributed by atoms with Crippen LogP contribution in [-0.2, 0) is 12.8 Å². The first-order valence-corrected chi connectivity index (χ1v) is 7.26. The van der Waals surface area contributed by atoms with Crippen molar-refractivity contribution in [3.8, 4) is 0 Å². The number of fused-ring (bicyclic) bond motifs is 2. The van der Waals surface area contributed by atoms with E-state index in [1.165, 1.54) is 22.5 Å². The van der Waals surface area contributed by atoms with Gasteiger partial charge in [-0.3, -0.25) is 4.99 Å². The van der Waals surface area contributed by atoms with Crippen molar-refractivity contribution in [2.75, 3.05) is 5.32 Å². The van der Waals surface area contributed by atoms with Gasteiger partial charge in [0.15, 0.2) is 0 Å². The van der Waals surface area contributed by atoms with E-state index in [9.17, 15) is 0 Å². The predicted octanol–water partition coefficient (Wildman–Crippen LogP) is 4.42. The van der Waals surface area contributed by atoms with Crippen molar-refractivity contribution in [1.82, 2.24) is 0 Å². The average Bonchev–Trinajstić information content (AvgIpc) is 3.09. The van der Waals surface area contributed by atoms with Crippen molar-refractivity contribution in [1.29, 1.82) is 0 Å². The average molecular weight is 272 g/mol. The van der Waals surface area contributed by atoms with E-state index in [-0.39, 0.29) is 0 Å². The zero-order valence-corrected chi connectivity index (χ0v) is 11.7. The summed E-state index contributed by atoms with van der Waals surface area (Å²) in [7, 11) is 0. The van der Waals surface area contributed by atoms with Gasteiger partial charge in [0, 0.05) is 29.9 Å². The van der Waals surface area contributed by atoms with Crippen LogP contribution in [-0.4, -0.2) is 5.71 Å². The highest BCUT2D eigenvalue weighted by Gasteiger charge is 2.13. The number of anilines is 1. The number of aliphatic imine (C=N–C) groups is 1. The molecule has 0 aromatic heterocycles. The molecule has 102 valence electrons. The quantitative estimate of drug-likeness (QED) is 0.859. The molecule has 2 nitrogen and oxygen atoms in total. The van der Waals surface area contributed by atoms with E-state index in [4.69, 9.17) is 0 Å². The topological polar surface area (TPSA) is 24.4 Å². The number of nitrogens with one attached hydrogen (secondary N) is 1. The molecule has 2 aromatic rings. The monoisotopic (exact) mass is 272 g/mol. The standard InChI is InChI=1S/C19H16N2/c1-3-10-18-14(6-1)12-16(20-18)8-5-9-17-13-15-7-2-4-11-19(15)21-17/h1-11,20H,12-13H2/b9-5+,16-8-. The molecule has 0 unspecified atom stereocenters. The number of hydrogen-bond acceptors (Lipinski definition) is 2. The molecule has 4 rings (SSSR count). The highest BCUT2D eigenvalue weighted by Crippen LogP contribution is 2.28. The Morgan fingerprint density at radius 1 is 0.905 bits per heavy atom. The van der Waals surface area contributed by atoms with E-state index in [0.717, 1.165) is 24.2 Å². The molecule has 0 saturated carbocycles. The number of hydrogen-bond donors (Lipinski definition) is 1. The SMILES string of the molecule is C(/C=C/C1=Nc2ccccc2C1)=C1\Cc2ccccc2N1. The lowest BCUT2D eigenvalue weighted by molar-refractivity contribution is 1.25. The first kappa shape index (κ1) is 12.2. The second-order valence-electron chi connectivity index (χ2n) is 5.42. The molecule has 0 spiro atoms. The molecule has 0 saturated heterocycles. The van der Waals surface area contributed by atoms with E-state index >= 15 is 0 Å². The maximum absolute atomic E-state index is 4.64. The number of rotatable bonds is 2. The molecule has 0 amide bonds. The number of benzene rings is 2. The lowest BCUT2D eigenvalue weighted by Gasteiger charge is -1.97. The molecular weight excluding hydrogens is 256 g/mol. The Morgan fingerprint density at radius 2 is 1.71 bits per heavy atom. The van der Waals surface area contributed by atoms with Crippen LogP contribution >= 0.6 is 0 Å². The largest absolute Gasteiger partial charge is 0.358 e. The van der Waals surface area contributed by atoms with Crippen molar-refractivity contribution in [3.05, 3.63) is 83.6 Å². The molecule has 0 fully saturated rings. The van der Waals surface area contributed by atoms with Crippen LogP contribution in [0.15, 0.2) is 77.4 Å². The minimum absolute atomic E-state index is 0.934. The zero-order valence-electron chi connectivity index (χ0n) is 11.7. The highest BCUT2D eigenvalue weighted by molar-refractivity contribution is 6.02. The van der Waals surface area contributed by atoms with Gasteiger partial charge in [-0.25, -0.2) is 0 Å². The fourth-order valence-corrected chi connectivity index (χ4v) is 2.85. The van der Waals surface area contributed by atoms with Gasteiger partial charge in [-0.15, -0.1) is 0 Å². The van der Waals surface area contributed by atoms with Gasteiger partial charge in [0.2, 0.25) is 0 Å². The van der Waals surface area contributed by atoms with Crippen LogP contribution < -0.4 is 5.32 Å². The van der Waals surface area contributed by atoms with Gasteiger partial charge < -0.3 is 5.32 Å². The van der Waals surface area contributed by atoms with Crippen LogP contribution in [0.1, 0.15) is 11.1 Å². The summed E-state index contributed by atoms with van der Waals surface area (Å²) in [6.07, 6.45) is 8.26. The van der Waals surface area contributed by atoms with Gasteiger partial charge in [-0.2, -0.15) is 0 Å². The molecule has 0 radical (unpaired) electrons. The summed E-state index contributed by atoms with van der Waals surface area (Å²) in [5.74, 6) is 0. The maximum Gasteiger partial charge on any atom is 0.0669 e. The summed E-state index contributed by atoms with van der Waals surface area (Å²) in [5.41, 5.74) is 7.38. The normalized spacial score (nSPS) is 17.7. The second-order valence-corrected chi connectivity index (χ2v) is 5.42. The molecule has 2 heteroatoms. The summed E-state index contributed by atoms with van der Waals surface area (Å²) in [6, 6.07) is 16.8. The van der Waals surface area contributed by atoms with Crippen LogP contribution in [0.4, 0.5) is 11.4 Å². The fourth-order valence-electron chi connectivity index (χ4n) is 2.85. The highest BCUT2D eigenvalue weighted by atomic mass is 14.9. The van der Waals surface area contributed by atoms with Crippen molar-refractivity contribution in [2.24, 2.45) is 4.99 Å². The third-order valence-corrected chi connectivity index (χ3v) is 3.91. The number of para-hydroxylation sites is 2. The van der Waals surface area contributed by atoms with Crippen LogP contribution in [0.2, 0.25) is 0 Å². The van der Waals surface area contributed by atoms with Gasteiger partial charge in [0.05, 0.1) is 5.69 Å². The van der Waals surface area contributed by atoms with E-state index < -0.39 is 0 Å². The van der Waals surface area contributed by atoms with Crippen LogP contribution in [0.25, 0.3) is 0 Å². The first-order chi connectivity index (χ1) is 10.4. The van der Waals surface area contributed by atoms with Crippen LogP contribution in [0.3, 0.4) is 0 Å². The van der Waals surface area contributed by atoms with Crippen molar-refractivity contribution < 1.29 is 0 Å². The maximum atomic E-state index is 4.64. The van der Waals surface area contributed by atoms with E-state index in [1.807, 2.05) is 6.07 Å². The Bertz CT molecular complexity index is 755. The molecule has 2 aromatic carbocycles. The molecule has 0 atom stereocenters. The fraction of sp³-hybridized carbons (Fsp3) is 0.105. The molecular formula is C19H16N2. The Labute approximate surface area is 124 Å². The molecule has 2 aliphatic rings. The van der Waals surface area contributed by atoms with E-state index in [0.29, 0.717) is 0 Å². The van der Waals surface area contributed by atoms with E-state index in [1.54, 1.807) is 0 Å². The number of nitrogens with zero attached hydrogens (tertiary/aromatic N) is 1. The van der Waals surface area contributed by atoms with E-state index in [2.05, 4.69) is 71.0 Å². The van der Waals surface area contributed by atoms with Gasteiger partial charge in [-0.05, 0) is 35.4 Å². The summed E-state index contributed by atoms with van der Waals surface area (Å²) >= 11 is 0. The number of allylic oxidation sites excluding steroid dienone is 4. The third-order valence-electron chi connectivity index (χ3n) is 3.91. The zero-order chi connectivity index (χ0) is 14.1. The van der Waals surface area contributed by atoms with Gasteiger partial charge >= 0.3 is 0 Å². The third kappa shape index (κ3) is 2.40. The molecule has 2 heterocycles. The van der Waals surface area contributed by atoms with Crippen molar-refractivity contribution >= 4 is 17.1 Å². The molecule has 2 aliphatic heterocycles. The molecule has 0 bridgehead atoms. The van der Waals surface area contributed by atoms with Gasteiger partial charge in [0.1, 0.15) is 0 Å². The summed E-state index contributed by atoms with van der Waals surface area (Å²) in [6.45, 7) is 0. The Kier molecular flexibility index (Phi) is 2.93. The molecule has 21 heavy (non-hydrogen) atoms. The summed E-state index contributed by atoms with van der Waals surface area (Å²) in [5, 5.41) is 3.45. The molecule has 1 N–H and O–H groups in total. The Hall–Kier alpha value is -2.61. The van der Waals surface area contributed by atoms with Crippen LogP contribution in [0.5, 0.6) is 0 Å². The minimum Gasteiger partial charge on any atom is -0.358 e. The smallest absolute Gasteiger partial charge is 0.0669 e. The Balaban J connectivity index is 1.46. The van der Waals surface area contributed by atoms with Crippen molar-refractivity contribution in [2.45, 2.75) is 12.8 Å². The van der Waals surface area contributed by atoms with Crippen molar-refractivity contribution in [3.63, 3.8) is 0 Å². The van der Waals surface area contributed by atoms with Crippen LogP contribution in [0, 0.1) is 0 Å². The second kappa shape index (κ2) is 5.06. The first-order valence-electron chi connectivity index (χ1n) is 7.26.